The predicted molar refractivity (Wildman–Crippen MR) is 59.8 cm³/mol. The molecule has 0 saturated heterocycles. The van der Waals surface area contributed by atoms with E-state index in [2.05, 4.69) is 6.58 Å². The summed E-state index contributed by atoms with van der Waals surface area (Å²) in [5, 5.41) is 0. The molecule has 0 unspecified atom stereocenters. The summed E-state index contributed by atoms with van der Waals surface area (Å²) in [6.45, 7) is 6.53. The molecule has 0 nitrogen and oxygen atoms in total. The zero-order chi connectivity index (χ0) is 11.5. The molecule has 0 amide bonds. The van der Waals surface area contributed by atoms with Gasteiger partial charge in [-0.25, -0.2) is 8.78 Å². The fourth-order valence-corrected chi connectivity index (χ4v) is 1.27. The summed E-state index contributed by atoms with van der Waals surface area (Å²) in [6, 6.07) is 5.90. The average molecular weight is 208 g/mol. The minimum absolute atomic E-state index is 0.304. The van der Waals surface area contributed by atoms with E-state index in [4.69, 9.17) is 0 Å². The monoisotopic (exact) mass is 208 g/mol. The maximum absolute atomic E-state index is 13.4. The highest BCUT2D eigenvalue weighted by Crippen LogP contribution is 2.21. The molecule has 0 atom stereocenters. The Morgan fingerprint density at radius 3 is 2.20 bits per heavy atom. The number of hydrogen-bond donors (Lipinski definition) is 0. The van der Waals surface area contributed by atoms with Crippen molar-refractivity contribution in [2.45, 2.75) is 19.5 Å². The molecule has 2 heteroatoms. The number of allylic oxidation sites excluding steroid dienone is 3. The Hall–Kier alpha value is -1.44. The number of hydrogen-bond acceptors (Lipinski definition) is 0. The second-order valence-corrected chi connectivity index (χ2v) is 3.88. The van der Waals surface area contributed by atoms with E-state index in [-0.39, 0.29) is 5.82 Å². The summed E-state index contributed by atoms with van der Waals surface area (Å²) in [6.07, 6.45) is 3.03. The van der Waals surface area contributed by atoms with Crippen molar-refractivity contribution < 1.29 is 8.78 Å². The lowest BCUT2D eigenvalue weighted by Gasteiger charge is -2.11. The van der Waals surface area contributed by atoms with Crippen LogP contribution in [0.15, 0.2) is 43.0 Å². The van der Waals surface area contributed by atoms with Gasteiger partial charge in [-0.3, -0.25) is 0 Å². The van der Waals surface area contributed by atoms with Crippen LogP contribution in [0, 0.1) is 5.82 Å². The van der Waals surface area contributed by atoms with E-state index >= 15 is 0 Å². The summed E-state index contributed by atoms with van der Waals surface area (Å²) in [4.78, 5) is 0. The molecule has 0 heterocycles. The second kappa shape index (κ2) is 4.39. The SMILES string of the molecule is C=C/C(=C\C(C)(C)F)c1ccc(F)cc1. The third-order valence-corrected chi connectivity index (χ3v) is 1.90. The topological polar surface area (TPSA) is 0 Å². The molecule has 0 aromatic heterocycles. The first-order chi connectivity index (χ1) is 6.92. The molecule has 0 bridgehead atoms. The predicted octanol–water partition coefficient (Wildman–Crippen LogP) is 4.14. The Balaban J connectivity index is 3.08. The zero-order valence-electron chi connectivity index (χ0n) is 8.93. The molecule has 0 fully saturated rings. The highest BCUT2D eigenvalue weighted by atomic mass is 19.1. The number of rotatable bonds is 3. The minimum Gasteiger partial charge on any atom is -0.240 e. The van der Waals surface area contributed by atoms with Gasteiger partial charge in [0.1, 0.15) is 11.5 Å². The van der Waals surface area contributed by atoms with Crippen LogP contribution < -0.4 is 0 Å². The van der Waals surface area contributed by atoms with Crippen molar-refractivity contribution in [3.05, 3.63) is 54.4 Å². The van der Waals surface area contributed by atoms with Crippen LogP contribution in [0.3, 0.4) is 0 Å². The summed E-state index contributed by atoms with van der Waals surface area (Å²) in [7, 11) is 0. The van der Waals surface area contributed by atoms with Gasteiger partial charge in [-0.05, 0) is 43.2 Å². The first kappa shape index (κ1) is 11.6. The standard InChI is InChI=1S/C13H14F2/c1-4-10(9-13(2,3)15)11-5-7-12(14)8-6-11/h4-9H,1H2,2-3H3/b10-9+. The van der Waals surface area contributed by atoms with Gasteiger partial charge in [0.05, 0.1) is 0 Å². The first-order valence-corrected chi connectivity index (χ1v) is 4.72. The van der Waals surface area contributed by atoms with Gasteiger partial charge in [0.2, 0.25) is 0 Å². The minimum atomic E-state index is -1.40. The summed E-state index contributed by atoms with van der Waals surface area (Å²) in [5.41, 5.74) is 0.0254. The normalized spacial score (nSPS) is 12.7. The summed E-state index contributed by atoms with van der Waals surface area (Å²) >= 11 is 0. The first-order valence-electron chi connectivity index (χ1n) is 4.72. The van der Waals surface area contributed by atoms with Gasteiger partial charge in [0.25, 0.3) is 0 Å². The van der Waals surface area contributed by atoms with E-state index < -0.39 is 5.67 Å². The van der Waals surface area contributed by atoms with E-state index in [1.165, 1.54) is 32.1 Å². The summed E-state index contributed by atoms with van der Waals surface area (Å²) in [5.74, 6) is -0.304. The molecule has 1 aromatic rings. The molecule has 0 N–H and O–H groups in total. The van der Waals surface area contributed by atoms with Crippen molar-refractivity contribution in [3.63, 3.8) is 0 Å². The Kier molecular flexibility index (Phi) is 3.40. The van der Waals surface area contributed by atoms with Crippen LogP contribution in [-0.2, 0) is 0 Å². The molecule has 1 aromatic carbocycles. The number of benzene rings is 1. The van der Waals surface area contributed by atoms with Crippen molar-refractivity contribution in [2.75, 3.05) is 0 Å². The molecule has 0 saturated carbocycles. The maximum atomic E-state index is 13.4. The molecule has 0 radical (unpaired) electrons. The van der Waals surface area contributed by atoms with E-state index in [9.17, 15) is 8.78 Å². The van der Waals surface area contributed by atoms with E-state index in [1.54, 1.807) is 18.2 Å². The Morgan fingerprint density at radius 1 is 1.27 bits per heavy atom. The molecule has 15 heavy (non-hydrogen) atoms. The van der Waals surface area contributed by atoms with Crippen LogP contribution in [-0.4, -0.2) is 5.67 Å². The maximum Gasteiger partial charge on any atom is 0.124 e. The lowest BCUT2D eigenvalue weighted by molar-refractivity contribution is 0.288. The van der Waals surface area contributed by atoms with Gasteiger partial charge in [-0.1, -0.05) is 24.8 Å². The van der Waals surface area contributed by atoms with E-state index in [0.29, 0.717) is 5.57 Å². The molecule has 0 spiro atoms. The number of alkyl halides is 1. The third kappa shape index (κ3) is 3.66. The molecule has 1 rings (SSSR count). The molecular weight excluding hydrogens is 194 g/mol. The fraction of sp³-hybridized carbons (Fsp3) is 0.231. The average Bonchev–Trinajstić information content (AvgIpc) is 2.14. The molecule has 80 valence electrons. The van der Waals surface area contributed by atoms with Crippen molar-refractivity contribution in [1.82, 2.24) is 0 Å². The molecular formula is C13H14F2. The Labute approximate surface area is 88.9 Å². The molecule has 0 aliphatic heterocycles. The van der Waals surface area contributed by atoms with Crippen LogP contribution in [0.5, 0.6) is 0 Å². The van der Waals surface area contributed by atoms with Crippen LogP contribution >= 0.6 is 0 Å². The van der Waals surface area contributed by atoms with Gasteiger partial charge >= 0.3 is 0 Å². The lowest BCUT2D eigenvalue weighted by atomic mass is 10.0. The largest absolute Gasteiger partial charge is 0.240 e. The van der Waals surface area contributed by atoms with E-state index in [0.717, 1.165) is 5.56 Å². The van der Waals surface area contributed by atoms with Crippen LogP contribution in [0.4, 0.5) is 8.78 Å². The molecule has 0 aliphatic carbocycles. The lowest BCUT2D eigenvalue weighted by Crippen LogP contribution is -2.07. The number of halogens is 2. The summed E-state index contributed by atoms with van der Waals surface area (Å²) < 4.78 is 26.1. The highest BCUT2D eigenvalue weighted by molar-refractivity contribution is 5.74. The quantitative estimate of drug-likeness (QED) is 0.655. The highest BCUT2D eigenvalue weighted by Gasteiger charge is 2.12. The van der Waals surface area contributed by atoms with Crippen molar-refractivity contribution in [2.24, 2.45) is 0 Å². The smallest absolute Gasteiger partial charge is 0.124 e. The Bertz CT molecular complexity index is 367. The van der Waals surface area contributed by atoms with Crippen molar-refractivity contribution in [1.29, 1.82) is 0 Å². The van der Waals surface area contributed by atoms with Gasteiger partial charge in [-0.2, -0.15) is 0 Å². The van der Waals surface area contributed by atoms with Gasteiger partial charge in [-0.15, -0.1) is 0 Å². The Morgan fingerprint density at radius 2 is 1.80 bits per heavy atom. The fourth-order valence-electron chi connectivity index (χ4n) is 1.27. The van der Waals surface area contributed by atoms with Crippen molar-refractivity contribution in [3.8, 4) is 0 Å². The van der Waals surface area contributed by atoms with Crippen LogP contribution in [0.1, 0.15) is 19.4 Å². The van der Waals surface area contributed by atoms with Gasteiger partial charge in [0, 0.05) is 0 Å². The second-order valence-electron chi connectivity index (χ2n) is 3.88. The molecule has 0 aliphatic rings. The third-order valence-electron chi connectivity index (χ3n) is 1.90. The van der Waals surface area contributed by atoms with Crippen molar-refractivity contribution >= 4 is 5.57 Å². The van der Waals surface area contributed by atoms with Gasteiger partial charge < -0.3 is 0 Å². The van der Waals surface area contributed by atoms with Crippen LogP contribution in [0.25, 0.3) is 5.57 Å². The van der Waals surface area contributed by atoms with Gasteiger partial charge in [0.15, 0.2) is 0 Å². The van der Waals surface area contributed by atoms with E-state index in [1.807, 2.05) is 0 Å². The zero-order valence-corrected chi connectivity index (χ0v) is 8.93. The van der Waals surface area contributed by atoms with Crippen LogP contribution in [0.2, 0.25) is 0 Å².